The van der Waals surface area contributed by atoms with Gasteiger partial charge < -0.3 is 10.1 Å². The molecule has 0 saturated carbocycles. The molecule has 1 amide bonds. The molecule has 1 aliphatic rings. The number of rotatable bonds is 3. The molecule has 3 nitrogen and oxygen atoms in total. The number of alkyl carbamates (subject to hydrolysis) is 1. The molecule has 4 heteroatoms. The topological polar surface area (TPSA) is 38.3 Å². The summed E-state index contributed by atoms with van der Waals surface area (Å²) in [5.74, 6) is 3.06. The summed E-state index contributed by atoms with van der Waals surface area (Å²) in [6.07, 6.45) is 3.12. The van der Waals surface area contributed by atoms with Crippen LogP contribution in [0.4, 0.5) is 4.79 Å². The van der Waals surface area contributed by atoms with E-state index in [0.29, 0.717) is 5.92 Å². The SMILES string of the molecule is CCC(NC(=O)OC(C)(C)C)C1CCSCC1. The van der Waals surface area contributed by atoms with Crippen molar-refractivity contribution in [3.05, 3.63) is 0 Å². The minimum atomic E-state index is -0.412. The Balaban J connectivity index is 2.42. The van der Waals surface area contributed by atoms with Crippen LogP contribution in [-0.2, 0) is 4.74 Å². The minimum absolute atomic E-state index is 0.269. The smallest absolute Gasteiger partial charge is 0.407 e. The van der Waals surface area contributed by atoms with Crippen molar-refractivity contribution in [2.24, 2.45) is 5.92 Å². The Morgan fingerprint density at radius 3 is 2.47 bits per heavy atom. The van der Waals surface area contributed by atoms with Gasteiger partial charge in [0.15, 0.2) is 0 Å². The molecule has 0 bridgehead atoms. The number of amides is 1. The highest BCUT2D eigenvalue weighted by Crippen LogP contribution is 2.26. The van der Waals surface area contributed by atoms with Crippen LogP contribution in [-0.4, -0.2) is 29.2 Å². The van der Waals surface area contributed by atoms with Crippen molar-refractivity contribution >= 4 is 17.9 Å². The van der Waals surface area contributed by atoms with E-state index in [0.717, 1.165) is 6.42 Å². The van der Waals surface area contributed by atoms with E-state index in [-0.39, 0.29) is 12.1 Å². The summed E-state index contributed by atoms with van der Waals surface area (Å²) in [6, 6.07) is 0.269. The second-order valence-electron chi connectivity index (χ2n) is 5.61. The average molecular weight is 259 g/mol. The van der Waals surface area contributed by atoms with E-state index in [2.05, 4.69) is 12.2 Å². The van der Waals surface area contributed by atoms with Gasteiger partial charge in [-0.2, -0.15) is 11.8 Å². The highest BCUT2D eigenvalue weighted by molar-refractivity contribution is 7.99. The molecule has 1 saturated heterocycles. The van der Waals surface area contributed by atoms with Gasteiger partial charge in [-0.25, -0.2) is 4.79 Å². The molecule has 1 N–H and O–H groups in total. The van der Waals surface area contributed by atoms with Gasteiger partial charge in [-0.15, -0.1) is 0 Å². The molecule has 0 spiro atoms. The monoisotopic (exact) mass is 259 g/mol. The van der Waals surface area contributed by atoms with Crippen molar-refractivity contribution in [3.8, 4) is 0 Å². The fourth-order valence-electron chi connectivity index (χ4n) is 2.13. The largest absolute Gasteiger partial charge is 0.444 e. The van der Waals surface area contributed by atoms with E-state index in [1.807, 2.05) is 32.5 Å². The summed E-state index contributed by atoms with van der Waals surface area (Å²) in [7, 11) is 0. The third-order valence-corrected chi connectivity index (χ3v) is 4.03. The quantitative estimate of drug-likeness (QED) is 0.844. The van der Waals surface area contributed by atoms with Crippen LogP contribution in [0.25, 0.3) is 0 Å². The Morgan fingerprint density at radius 1 is 1.41 bits per heavy atom. The molecule has 1 heterocycles. The van der Waals surface area contributed by atoms with Gasteiger partial charge in [0, 0.05) is 6.04 Å². The fraction of sp³-hybridized carbons (Fsp3) is 0.923. The second-order valence-corrected chi connectivity index (χ2v) is 6.84. The van der Waals surface area contributed by atoms with Crippen LogP contribution in [0.1, 0.15) is 47.0 Å². The first-order valence-electron chi connectivity index (χ1n) is 6.49. The standard InChI is InChI=1S/C13H25NO2S/c1-5-11(10-6-8-17-9-7-10)14-12(15)16-13(2,3)4/h10-11H,5-9H2,1-4H3,(H,14,15). The lowest BCUT2D eigenvalue weighted by Crippen LogP contribution is -2.43. The lowest BCUT2D eigenvalue weighted by Gasteiger charge is -2.31. The Labute approximate surface area is 109 Å². The lowest BCUT2D eigenvalue weighted by molar-refractivity contribution is 0.0481. The third kappa shape index (κ3) is 5.66. The number of thioether (sulfide) groups is 1. The molecule has 100 valence electrons. The van der Waals surface area contributed by atoms with Crippen LogP contribution in [0.5, 0.6) is 0 Å². The van der Waals surface area contributed by atoms with Gasteiger partial charge in [-0.05, 0) is 57.5 Å². The van der Waals surface area contributed by atoms with Gasteiger partial charge in [-0.1, -0.05) is 6.92 Å². The van der Waals surface area contributed by atoms with Gasteiger partial charge >= 0.3 is 6.09 Å². The molecule has 0 aliphatic carbocycles. The first kappa shape index (κ1) is 14.7. The molecule has 1 atom stereocenters. The summed E-state index contributed by atoms with van der Waals surface area (Å²) in [5, 5.41) is 3.02. The first-order valence-corrected chi connectivity index (χ1v) is 7.65. The van der Waals surface area contributed by atoms with Crippen LogP contribution >= 0.6 is 11.8 Å². The minimum Gasteiger partial charge on any atom is -0.444 e. The third-order valence-electron chi connectivity index (χ3n) is 2.98. The number of nitrogens with one attached hydrogen (secondary N) is 1. The highest BCUT2D eigenvalue weighted by atomic mass is 32.2. The van der Waals surface area contributed by atoms with Crippen LogP contribution < -0.4 is 5.32 Å². The van der Waals surface area contributed by atoms with Crippen LogP contribution in [0, 0.1) is 5.92 Å². The van der Waals surface area contributed by atoms with E-state index in [4.69, 9.17) is 4.74 Å². The lowest BCUT2D eigenvalue weighted by atomic mass is 9.92. The van der Waals surface area contributed by atoms with Gasteiger partial charge in [-0.3, -0.25) is 0 Å². The van der Waals surface area contributed by atoms with Gasteiger partial charge in [0.2, 0.25) is 0 Å². The predicted octanol–water partition coefficient (Wildman–Crippen LogP) is 3.43. The zero-order valence-electron chi connectivity index (χ0n) is 11.4. The predicted molar refractivity (Wildman–Crippen MR) is 73.5 cm³/mol. The fourth-order valence-corrected chi connectivity index (χ4v) is 3.27. The van der Waals surface area contributed by atoms with E-state index in [9.17, 15) is 4.79 Å². The highest BCUT2D eigenvalue weighted by Gasteiger charge is 2.25. The maximum atomic E-state index is 11.7. The maximum Gasteiger partial charge on any atom is 0.407 e. The van der Waals surface area contributed by atoms with E-state index in [1.54, 1.807) is 0 Å². The Kier molecular flexibility index (Phi) is 5.63. The summed E-state index contributed by atoms with van der Waals surface area (Å²) in [4.78, 5) is 11.7. The zero-order valence-corrected chi connectivity index (χ0v) is 12.2. The van der Waals surface area contributed by atoms with Crippen LogP contribution in [0.3, 0.4) is 0 Å². The number of hydrogen-bond acceptors (Lipinski definition) is 3. The van der Waals surface area contributed by atoms with Crippen molar-refractivity contribution in [3.63, 3.8) is 0 Å². The average Bonchev–Trinajstić information content (AvgIpc) is 2.24. The Hall–Kier alpha value is -0.380. The van der Waals surface area contributed by atoms with Gasteiger partial charge in [0.25, 0.3) is 0 Å². The summed E-state index contributed by atoms with van der Waals surface area (Å²) in [5.41, 5.74) is -0.412. The normalized spacial score (nSPS) is 19.8. The summed E-state index contributed by atoms with van der Waals surface area (Å²) < 4.78 is 5.31. The molecular weight excluding hydrogens is 234 g/mol. The van der Waals surface area contributed by atoms with Crippen molar-refractivity contribution < 1.29 is 9.53 Å². The van der Waals surface area contributed by atoms with E-state index >= 15 is 0 Å². The molecule has 0 aromatic heterocycles. The number of carbonyl (C=O) groups excluding carboxylic acids is 1. The molecule has 1 rings (SSSR count). The number of ether oxygens (including phenoxy) is 1. The van der Waals surface area contributed by atoms with Crippen molar-refractivity contribution in [1.29, 1.82) is 0 Å². The van der Waals surface area contributed by atoms with E-state index < -0.39 is 5.60 Å². The van der Waals surface area contributed by atoms with Gasteiger partial charge in [0.05, 0.1) is 0 Å². The molecule has 1 fully saturated rings. The Morgan fingerprint density at radius 2 is 2.00 bits per heavy atom. The molecule has 0 aromatic rings. The molecular formula is C13H25NO2S. The molecule has 17 heavy (non-hydrogen) atoms. The number of carbonyl (C=O) groups is 1. The Bertz CT molecular complexity index is 244. The molecule has 1 aliphatic heterocycles. The van der Waals surface area contributed by atoms with Crippen molar-refractivity contribution in [1.82, 2.24) is 5.32 Å². The summed E-state index contributed by atoms with van der Waals surface area (Å²) >= 11 is 2.01. The van der Waals surface area contributed by atoms with Gasteiger partial charge in [0.1, 0.15) is 5.60 Å². The van der Waals surface area contributed by atoms with Crippen LogP contribution in [0.15, 0.2) is 0 Å². The maximum absolute atomic E-state index is 11.7. The second kappa shape index (κ2) is 6.53. The molecule has 0 aromatic carbocycles. The molecule has 1 unspecified atom stereocenters. The zero-order chi connectivity index (χ0) is 12.9. The van der Waals surface area contributed by atoms with Crippen molar-refractivity contribution in [2.75, 3.05) is 11.5 Å². The summed E-state index contributed by atoms with van der Waals surface area (Å²) in [6.45, 7) is 7.81. The van der Waals surface area contributed by atoms with Crippen LogP contribution in [0.2, 0.25) is 0 Å². The van der Waals surface area contributed by atoms with Crippen molar-refractivity contribution in [2.45, 2.75) is 58.6 Å². The molecule has 0 radical (unpaired) electrons. The van der Waals surface area contributed by atoms with E-state index in [1.165, 1.54) is 24.3 Å². The first-order chi connectivity index (χ1) is 7.92. The number of hydrogen-bond donors (Lipinski definition) is 1.